The average molecular weight is 657 g/mol. The molecule has 0 aliphatic rings. The van der Waals surface area contributed by atoms with Crippen LogP contribution in [0.3, 0.4) is 0 Å². The van der Waals surface area contributed by atoms with E-state index in [0.717, 1.165) is 33.6 Å². The zero-order valence-electron chi connectivity index (χ0n) is 26.4. The normalized spacial score (nSPS) is 12.6. The minimum absolute atomic E-state index is 0.0558. The zero-order chi connectivity index (χ0) is 33.3. The molecule has 2 atom stereocenters. The van der Waals surface area contributed by atoms with Crippen molar-refractivity contribution < 1.29 is 19.1 Å². The number of aromatic amines is 1. The van der Waals surface area contributed by atoms with E-state index in [1.165, 1.54) is 11.8 Å². The number of nitrogens with one attached hydrogen (secondary N) is 3. The average Bonchev–Trinajstić information content (AvgIpc) is 3.85. The maximum absolute atomic E-state index is 12.8. The van der Waals surface area contributed by atoms with E-state index in [1.54, 1.807) is 18.5 Å². The highest BCUT2D eigenvalue weighted by molar-refractivity contribution is 7.98. The lowest BCUT2D eigenvalue weighted by Gasteiger charge is -2.43. The number of H-pyrrole nitrogens is 1. The van der Waals surface area contributed by atoms with Gasteiger partial charge in [-0.25, -0.2) is 9.78 Å². The number of aromatic nitrogens is 2. The van der Waals surface area contributed by atoms with E-state index < -0.39 is 23.3 Å². The summed E-state index contributed by atoms with van der Waals surface area (Å²) in [6, 6.07) is 41.3. The quantitative estimate of drug-likeness (QED) is 0.0884. The molecule has 0 radical (unpaired) electrons. The lowest BCUT2D eigenvalue weighted by atomic mass is 9.63. The predicted molar refractivity (Wildman–Crippen MR) is 190 cm³/mol. The summed E-state index contributed by atoms with van der Waals surface area (Å²) < 4.78 is 5.88. The van der Waals surface area contributed by atoms with Gasteiger partial charge >= 0.3 is 5.97 Å². The monoisotopic (exact) mass is 656 g/mol. The van der Waals surface area contributed by atoms with Gasteiger partial charge in [0.2, 0.25) is 0 Å². The molecule has 0 fully saturated rings. The van der Waals surface area contributed by atoms with E-state index in [2.05, 4.69) is 93.4 Å². The minimum atomic E-state index is -1.07. The zero-order valence-corrected chi connectivity index (χ0v) is 27.2. The molecule has 4 N–H and O–H groups in total. The van der Waals surface area contributed by atoms with Crippen molar-refractivity contribution in [2.24, 2.45) is 0 Å². The fourth-order valence-electron chi connectivity index (χ4n) is 6.18. The first kappa shape index (κ1) is 32.4. The third-order valence-corrected chi connectivity index (χ3v) is 9.12. The van der Waals surface area contributed by atoms with Gasteiger partial charge in [0.25, 0.3) is 5.91 Å². The van der Waals surface area contributed by atoms with Crippen LogP contribution in [0.1, 0.15) is 45.4 Å². The predicted octanol–water partition coefficient (Wildman–Crippen LogP) is 7.79. The first-order valence-corrected chi connectivity index (χ1v) is 17.0. The Balaban J connectivity index is 1.35. The Bertz CT molecular complexity index is 1820. The molecule has 0 saturated carbocycles. The summed E-state index contributed by atoms with van der Waals surface area (Å²) in [5.74, 6) is -0.461. The molecule has 2 heterocycles. The number of carbonyl (C=O) groups excluding carboxylic acids is 1. The van der Waals surface area contributed by atoms with Crippen LogP contribution in [0.25, 0.3) is 11.3 Å². The van der Waals surface area contributed by atoms with Gasteiger partial charge in [-0.3, -0.25) is 4.79 Å². The van der Waals surface area contributed by atoms with Crippen LogP contribution in [0.5, 0.6) is 0 Å². The molecule has 0 aliphatic carbocycles. The van der Waals surface area contributed by atoms with Crippen molar-refractivity contribution in [2.45, 2.75) is 23.9 Å². The maximum atomic E-state index is 12.8. The lowest BCUT2D eigenvalue weighted by molar-refractivity contribution is -0.139. The van der Waals surface area contributed by atoms with E-state index in [0.29, 0.717) is 17.9 Å². The van der Waals surface area contributed by atoms with Crippen LogP contribution in [-0.2, 0) is 10.2 Å². The molecule has 6 rings (SSSR count). The van der Waals surface area contributed by atoms with Crippen molar-refractivity contribution in [3.63, 3.8) is 0 Å². The van der Waals surface area contributed by atoms with Gasteiger partial charge < -0.3 is 25.1 Å². The Labute approximate surface area is 283 Å². The number of anilines is 1. The summed E-state index contributed by atoms with van der Waals surface area (Å²) in [7, 11) is 0. The number of thioether (sulfide) groups is 1. The largest absolute Gasteiger partial charge is 0.480 e. The van der Waals surface area contributed by atoms with Gasteiger partial charge in [0.15, 0.2) is 5.76 Å². The van der Waals surface area contributed by atoms with Gasteiger partial charge in [-0.05, 0) is 71.5 Å². The first-order chi connectivity index (χ1) is 23.5. The number of furan rings is 1. The second kappa shape index (κ2) is 14.9. The van der Waals surface area contributed by atoms with Crippen molar-refractivity contribution in [1.82, 2.24) is 15.3 Å². The number of nitrogens with zero attached hydrogens (tertiary/aromatic N) is 1. The highest BCUT2D eigenvalue weighted by Gasteiger charge is 2.45. The van der Waals surface area contributed by atoms with E-state index in [-0.39, 0.29) is 11.8 Å². The summed E-state index contributed by atoms with van der Waals surface area (Å²) in [6.07, 6.45) is 5.78. The Hall–Kier alpha value is -5.54. The summed E-state index contributed by atoms with van der Waals surface area (Å²) in [5, 5.41) is 15.9. The fourth-order valence-corrected chi connectivity index (χ4v) is 6.65. The Morgan fingerprint density at radius 1 is 0.833 bits per heavy atom. The summed E-state index contributed by atoms with van der Waals surface area (Å²) in [4.78, 5) is 32.2. The Kier molecular flexibility index (Phi) is 10.1. The van der Waals surface area contributed by atoms with Gasteiger partial charge in [-0.15, -0.1) is 0 Å². The number of hydrogen-bond donors (Lipinski definition) is 4. The van der Waals surface area contributed by atoms with E-state index in [4.69, 9.17) is 4.42 Å². The first-order valence-electron chi connectivity index (χ1n) is 15.6. The standard InChI is InChI=1S/C39H36N4O4S/c1-48-24-23-32(38(45)46)43-37(44)35-22-21-34(47-35)27-17-19-31(20-18-27)42-36(33-25-40-26-41-33)39(28-11-5-2-6-12-28,29-13-7-3-8-14-29)30-15-9-4-10-16-30/h2-22,25-26,32,36,42H,23-24H2,1H3,(H,40,41)(H,43,44)(H,45,46). The molecule has 8 nitrogen and oxygen atoms in total. The van der Waals surface area contributed by atoms with Crippen LogP contribution >= 0.6 is 11.8 Å². The number of benzene rings is 4. The molecular formula is C39H36N4O4S. The van der Waals surface area contributed by atoms with Crippen molar-refractivity contribution in [3.05, 3.63) is 168 Å². The van der Waals surface area contributed by atoms with Gasteiger partial charge in [-0.2, -0.15) is 11.8 Å². The number of amides is 1. The highest BCUT2D eigenvalue weighted by atomic mass is 32.2. The number of carbonyl (C=O) groups is 2. The van der Waals surface area contributed by atoms with Crippen molar-refractivity contribution >= 4 is 29.3 Å². The van der Waals surface area contributed by atoms with E-state index >= 15 is 0 Å². The summed E-state index contributed by atoms with van der Waals surface area (Å²) in [6.45, 7) is 0. The molecule has 4 aromatic carbocycles. The Morgan fingerprint density at radius 3 is 1.92 bits per heavy atom. The van der Waals surface area contributed by atoms with Gasteiger partial charge in [-0.1, -0.05) is 91.0 Å². The smallest absolute Gasteiger partial charge is 0.326 e. The van der Waals surface area contributed by atoms with Crippen LogP contribution in [0.15, 0.2) is 144 Å². The number of aliphatic carboxylic acids is 1. The maximum Gasteiger partial charge on any atom is 0.326 e. The Morgan fingerprint density at radius 2 is 1.42 bits per heavy atom. The summed E-state index contributed by atoms with van der Waals surface area (Å²) >= 11 is 1.52. The van der Waals surface area contributed by atoms with Crippen LogP contribution in [-0.4, -0.2) is 45.0 Å². The molecule has 9 heteroatoms. The number of imidazole rings is 1. The molecule has 0 bridgehead atoms. The summed E-state index contributed by atoms with van der Waals surface area (Å²) in [5.41, 5.74) is 5.24. The van der Waals surface area contributed by atoms with E-state index in [9.17, 15) is 14.7 Å². The van der Waals surface area contributed by atoms with Gasteiger partial charge in [0.05, 0.1) is 29.7 Å². The molecule has 48 heavy (non-hydrogen) atoms. The van der Waals surface area contributed by atoms with Crippen molar-refractivity contribution in [2.75, 3.05) is 17.3 Å². The molecule has 0 aliphatic heterocycles. The minimum Gasteiger partial charge on any atom is -0.480 e. The molecule has 6 aromatic rings. The molecular weight excluding hydrogens is 621 g/mol. The molecule has 0 spiro atoms. The third-order valence-electron chi connectivity index (χ3n) is 8.48. The fraction of sp³-hybridized carbons (Fsp3) is 0.154. The van der Waals surface area contributed by atoms with Crippen LogP contribution < -0.4 is 10.6 Å². The van der Waals surface area contributed by atoms with Gasteiger partial charge in [0, 0.05) is 11.3 Å². The van der Waals surface area contributed by atoms with Gasteiger partial charge in [0.1, 0.15) is 11.8 Å². The second-order valence-electron chi connectivity index (χ2n) is 11.4. The number of carboxylic acids is 1. The molecule has 1 amide bonds. The molecule has 2 unspecified atom stereocenters. The van der Waals surface area contributed by atoms with Crippen molar-refractivity contribution in [1.29, 1.82) is 0 Å². The van der Waals surface area contributed by atoms with Crippen LogP contribution in [0, 0.1) is 0 Å². The SMILES string of the molecule is CSCCC(NC(=O)c1ccc(-c2ccc(NC(c3cnc[nH]3)C(c3ccccc3)(c3ccccc3)c3ccccc3)cc2)o1)C(=O)O. The molecule has 0 saturated heterocycles. The number of carboxylic acid groups (broad SMARTS) is 1. The molecule has 242 valence electrons. The lowest BCUT2D eigenvalue weighted by Crippen LogP contribution is -2.41. The second-order valence-corrected chi connectivity index (χ2v) is 12.4. The highest BCUT2D eigenvalue weighted by Crippen LogP contribution is 2.49. The van der Waals surface area contributed by atoms with Crippen LogP contribution in [0.4, 0.5) is 5.69 Å². The number of rotatable bonds is 14. The molecule has 2 aromatic heterocycles. The van der Waals surface area contributed by atoms with Crippen LogP contribution in [0.2, 0.25) is 0 Å². The topological polar surface area (TPSA) is 120 Å². The van der Waals surface area contributed by atoms with Crippen molar-refractivity contribution in [3.8, 4) is 11.3 Å². The third kappa shape index (κ3) is 6.77. The van der Waals surface area contributed by atoms with E-state index in [1.807, 2.05) is 54.9 Å². The number of hydrogen-bond acceptors (Lipinski definition) is 6.